The number of allylic oxidation sites excluding steroid dienone is 1. The summed E-state index contributed by atoms with van der Waals surface area (Å²) in [6.45, 7) is 13.7. The molecule has 0 amide bonds. The van der Waals surface area contributed by atoms with Crippen molar-refractivity contribution in [2.75, 3.05) is 5.48 Å². The summed E-state index contributed by atoms with van der Waals surface area (Å²) < 4.78 is 0. The molecule has 1 aliphatic rings. The van der Waals surface area contributed by atoms with E-state index >= 15 is 0 Å². The van der Waals surface area contributed by atoms with E-state index in [0.29, 0.717) is 16.5 Å². The fourth-order valence-electron chi connectivity index (χ4n) is 3.92. The van der Waals surface area contributed by atoms with Gasteiger partial charge in [0.15, 0.2) is 0 Å². The Morgan fingerprint density at radius 2 is 1.76 bits per heavy atom. The molecule has 0 saturated heterocycles. The Morgan fingerprint density at radius 1 is 1.14 bits per heavy atom. The lowest BCUT2D eigenvalue weighted by molar-refractivity contribution is 0.125. The van der Waals surface area contributed by atoms with Crippen LogP contribution in [0.15, 0.2) is 42.5 Å². The molecule has 1 aliphatic carbocycles. The molecule has 1 aromatic carbocycles. The van der Waals surface area contributed by atoms with Gasteiger partial charge in [0.2, 0.25) is 0 Å². The molecule has 0 aromatic heterocycles. The lowest BCUT2D eigenvalue weighted by Gasteiger charge is -2.44. The van der Waals surface area contributed by atoms with Crippen molar-refractivity contribution in [3.8, 4) is 0 Å². The van der Waals surface area contributed by atoms with Crippen molar-refractivity contribution in [2.24, 2.45) is 10.8 Å². The SMILES string of the molecule is C=C1CC(C)(C)CC(C)(CCC)C1.ONc1ccccc1. The minimum atomic E-state index is 0.485. The zero-order chi connectivity index (χ0) is 15.9. The van der Waals surface area contributed by atoms with E-state index in [2.05, 4.69) is 34.3 Å². The van der Waals surface area contributed by atoms with Gasteiger partial charge in [-0.2, -0.15) is 0 Å². The van der Waals surface area contributed by atoms with Crippen LogP contribution in [0.2, 0.25) is 0 Å². The van der Waals surface area contributed by atoms with Crippen molar-refractivity contribution in [1.29, 1.82) is 0 Å². The lowest BCUT2D eigenvalue weighted by Crippen LogP contribution is -2.31. The molecule has 1 unspecified atom stereocenters. The second-order valence-electron chi connectivity index (χ2n) is 7.48. The molecule has 2 nitrogen and oxygen atoms in total. The van der Waals surface area contributed by atoms with E-state index in [4.69, 9.17) is 5.21 Å². The normalized spacial score (nSPS) is 24.0. The molecule has 1 fully saturated rings. The number of hydrogen-bond acceptors (Lipinski definition) is 2. The van der Waals surface area contributed by atoms with Crippen molar-refractivity contribution in [1.82, 2.24) is 0 Å². The highest BCUT2D eigenvalue weighted by Crippen LogP contribution is 2.49. The highest BCUT2D eigenvalue weighted by Gasteiger charge is 2.37. The predicted octanol–water partition coefficient (Wildman–Crippen LogP) is 6.05. The van der Waals surface area contributed by atoms with Gasteiger partial charge in [-0.05, 0) is 48.6 Å². The van der Waals surface area contributed by atoms with Gasteiger partial charge in [0.1, 0.15) is 0 Å². The summed E-state index contributed by atoms with van der Waals surface area (Å²) in [6, 6.07) is 9.14. The predicted molar refractivity (Wildman–Crippen MR) is 91.6 cm³/mol. The summed E-state index contributed by atoms with van der Waals surface area (Å²) in [5.41, 5.74) is 5.23. The van der Waals surface area contributed by atoms with Crippen LogP contribution in [-0.2, 0) is 0 Å². The quantitative estimate of drug-likeness (QED) is 0.524. The fraction of sp³-hybridized carbons (Fsp3) is 0.579. The molecule has 21 heavy (non-hydrogen) atoms. The smallest absolute Gasteiger partial charge is 0.0602 e. The summed E-state index contributed by atoms with van der Waals surface area (Å²) in [5.74, 6) is 0. The van der Waals surface area contributed by atoms with Crippen LogP contribution in [0.25, 0.3) is 0 Å². The molecule has 0 aliphatic heterocycles. The maximum atomic E-state index is 8.29. The second kappa shape index (κ2) is 7.65. The van der Waals surface area contributed by atoms with Crippen molar-refractivity contribution in [2.45, 2.75) is 59.8 Å². The highest BCUT2D eigenvalue weighted by molar-refractivity contribution is 5.39. The molecule has 1 saturated carbocycles. The third-order valence-corrected chi connectivity index (χ3v) is 4.07. The van der Waals surface area contributed by atoms with Gasteiger partial charge in [0, 0.05) is 0 Å². The fourth-order valence-corrected chi connectivity index (χ4v) is 3.92. The van der Waals surface area contributed by atoms with Gasteiger partial charge in [-0.3, -0.25) is 10.7 Å². The minimum absolute atomic E-state index is 0.485. The Morgan fingerprint density at radius 3 is 2.19 bits per heavy atom. The standard InChI is InChI=1S/C13H24.C6H7NO/c1-6-7-13(5)9-11(2)8-12(3,4)10-13;8-7-6-4-2-1-3-5-6/h2,6-10H2,1,3-5H3;1-5,7-8H. The average Bonchev–Trinajstić information content (AvgIpc) is 2.37. The third kappa shape index (κ3) is 6.34. The zero-order valence-corrected chi connectivity index (χ0v) is 14.1. The van der Waals surface area contributed by atoms with Gasteiger partial charge < -0.3 is 0 Å². The molecule has 0 spiro atoms. The minimum Gasteiger partial charge on any atom is -0.291 e. The zero-order valence-electron chi connectivity index (χ0n) is 14.1. The van der Waals surface area contributed by atoms with Gasteiger partial charge in [-0.1, -0.05) is 64.5 Å². The summed E-state index contributed by atoms with van der Waals surface area (Å²) in [4.78, 5) is 0. The number of para-hydroxylation sites is 1. The Balaban J connectivity index is 0.000000235. The van der Waals surface area contributed by atoms with Crippen LogP contribution in [0.1, 0.15) is 59.8 Å². The molecule has 0 bridgehead atoms. The van der Waals surface area contributed by atoms with Gasteiger partial charge in [0.25, 0.3) is 0 Å². The van der Waals surface area contributed by atoms with E-state index in [1.807, 2.05) is 23.7 Å². The van der Waals surface area contributed by atoms with Crippen LogP contribution in [0.4, 0.5) is 5.69 Å². The monoisotopic (exact) mass is 289 g/mol. The van der Waals surface area contributed by atoms with Gasteiger partial charge in [-0.25, -0.2) is 0 Å². The largest absolute Gasteiger partial charge is 0.291 e. The van der Waals surface area contributed by atoms with Crippen LogP contribution >= 0.6 is 0 Å². The molecule has 0 heterocycles. The van der Waals surface area contributed by atoms with Crippen LogP contribution in [0.3, 0.4) is 0 Å². The average molecular weight is 289 g/mol. The van der Waals surface area contributed by atoms with Crippen molar-refractivity contribution < 1.29 is 5.21 Å². The number of rotatable bonds is 3. The molecule has 2 N–H and O–H groups in total. The molecular weight excluding hydrogens is 258 g/mol. The van der Waals surface area contributed by atoms with E-state index in [0.717, 1.165) is 0 Å². The molecule has 2 heteroatoms. The first-order valence-electron chi connectivity index (χ1n) is 7.92. The summed E-state index contributed by atoms with van der Waals surface area (Å²) in [6.07, 6.45) is 6.51. The summed E-state index contributed by atoms with van der Waals surface area (Å²) in [7, 11) is 0. The molecule has 118 valence electrons. The summed E-state index contributed by atoms with van der Waals surface area (Å²) in [5, 5.41) is 8.29. The van der Waals surface area contributed by atoms with Gasteiger partial charge >= 0.3 is 0 Å². The van der Waals surface area contributed by atoms with Crippen LogP contribution in [0.5, 0.6) is 0 Å². The molecule has 1 atom stereocenters. The molecule has 0 radical (unpaired) electrons. The molecular formula is C19H31NO. The van der Waals surface area contributed by atoms with Gasteiger partial charge in [0.05, 0.1) is 5.69 Å². The maximum absolute atomic E-state index is 8.29. The van der Waals surface area contributed by atoms with E-state index < -0.39 is 0 Å². The Labute approximate surface area is 130 Å². The lowest BCUT2D eigenvalue weighted by atomic mass is 9.61. The van der Waals surface area contributed by atoms with Crippen LogP contribution in [0, 0.1) is 10.8 Å². The first kappa shape index (κ1) is 17.8. The van der Waals surface area contributed by atoms with Crippen molar-refractivity contribution in [3.63, 3.8) is 0 Å². The number of benzene rings is 1. The topological polar surface area (TPSA) is 32.3 Å². The Hall–Kier alpha value is -1.28. The molecule has 2 rings (SSSR count). The first-order chi connectivity index (χ1) is 9.80. The Bertz CT molecular complexity index is 438. The van der Waals surface area contributed by atoms with Gasteiger partial charge in [-0.15, -0.1) is 0 Å². The number of nitrogens with one attached hydrogen (secondary N) is 1. The number of anilines is 1. The van der Waals surface area contributed by atoms with E-state index in [1.54, 1.807) is 12.1 Å². The Kier molecular flexibility index (Phi) is 6.47. The third-order valence-electron chi connectivity index (χ3n) is 4.07. The summed E-state index contributed by atoms with van der Waals surface area (Å²) >= 11 is 0. The van der Waals surface area contributed by atoms with E-state index in [1.165, 1.54) is 37.7 Å². The maximum Gasteiger partial charge on any atom is 0.0602 e. The second-order valence-corrected chi connectivity index (χ2v) is 7.48. The van der Waals surface area contributed by atoms with Crippen molar-refractivity contribution in [3.05, 3.63) is 42.5 Å². The van der Waals surface area contributed by atoms with E-state index in [-0.39, 0.29) is 0 Å². The first-order valence-corrected chi connectivity index (χ1v) is 7.92. The van der Waals surface area contributed by atoms with Crippen molar-refractivity contribution >= 4 is 5.69 Å². The van der Waals surface area contributed by atoms with E-state index in [9.17, 15) is 0 Å². The number of hydrogen-bond donors (Lipinski definition) is 2. The van der Waals surface area contributed by atoms with Crippen LogP contribution < -0.4 is 5.48 Å². The van der Waals surface area contributed by atoms with Crippen LogP contribution in [-0.4, -0.2) is 5.21 Å². The molecule has 1 aromatic rings. The highest BCUT2D eigenvalue weighted by atomic mass is 16.5.